The van der Waals surface area contributed by atoms with Crippen LogP contribution in [0.2, 0.25) is 0 Å². The van der Waals surface area contributed by atoms with Crippen molar-refractivity contribution in [3.05, 3.63) is 29.8 Å². The van der Waals surface area contributed by atoms with Gasteiger partial charge >= 0.3 is 0 Å². The fourth-order valence-electron chi connectivity index (χ4n) is 0.987. The van der Waals surface area contributed by atoms with Gasteiger partial charge in [-0.25, -0.2) is 8.42 Å². The fraction of sp³-hybridized carbons (Fsp3) is 0.125. The summed E-state index contributed by atoms with van der Waals surface area (Å²) in [5.41, 5.74) is 6.36. The smallest absolute Gasteiger partial charge is 0.229 e. The lowest BCUT2D eigenvalue weighted by Crippen LogP contribution is -2.16. The molecule has 14 heavy (non-hydrogen) atoms. The third-order valence-corrected chi connectivity index (χ3v) is 2.30. The van der Waals surface area contributed by atoms with Crippen molar-refractivity contribution in [3.8, 4) is 0 Å². The molecule has 0 aliphatic heterocycles. The summed E-state index contributed by atoms with van der Waals surface area (Å²) in [5, 5.41) is 0. The molecule has 0 bridgehead atoms. The van der Waals surface area contributed by atoms with Crippen molar-refractivity contribution in [2.75, 3.05) is 11.0 Å². The largest absolute Gasteiger partial charge is 0.389 e. The summed E-state index contributed by atoms with van der Waals surface area (Å²) in [6.45, 7) is 0. The minimum Gasteiger partial charge on any atom is -0.389 e. The van der Waals surface area contributed by atoms with Gasteiger partial charge in [-0.2, -0.15) is 0 Å². The van der Waals surface area contributed by atoms with Gasteiger partial charge in [-0.05, 0) is 12.1 Å². The Bertz CT molecular complexity index is 454. The molecule has 0 unspecified atom stereocenters. The number of nitrogens with two attached hydrogens (primary N) is 1. The molecule has 6 heteroatoms. The number of anilines is 1. The van der Waals surface area contributed by atoms with Crippen molar-refractivity contribution in [3.63, 3.8) is 0 Å². The van der Waals surface area contributed by atoms with Crippen LogP contribution in [0, 0.1) is 0 Å². The van der Waals surface area contributed by atoms with E-state index < -0.39 is 10.0 Å². The average Bonchev–Trinajstić information content (AvgIpc) is 2.01. The molecule has 0 saturated carbocycles. The third-order valence-electron chi connectivity index (χ3n) is 1.49. The molecular weight excluding hydrogens is 220 g/mol. The first-order valence-corrected chi connectivity index (χ1v) is 6.07. The number of nitrogens with one attached hydrogen (secondary N) is 1. The van der Waals surface area contributed by atoms with E-state index in [9.17, 15) is 8.42 Å². The van der Waals surface area contributed by atoms with E-state index in [-0.39, 0.29) is 4.99 Å². The van der Waals surface area contributed by atoms with E-state index in [0.29, 0.717) is 11.3 Å². The van der Waals surface area contributed by atoms with Crippen molar-refractivity contribution in [2.24, 2.45) is 5.73 Å². The normalized spacial score (nSPS) is 10.9. The minimum absolute atomic E-state index is 0.164. The van der Waals surface area contributed by atoms with Crippen molar-refractivity contribution < 1.29 is 8.42 Å². The molecule has 0 atom stereocenters. The molecule has 0 aromatic heterocycles. The van der Waals surface area contributed by atoms with Gasteiger partial charge in [0.2, 0.25) is 10.0 Å². The summed E-state index contributed by atoms with van der Waals surface area (Å²) in [7, 11) is -3.30. The van der Waals surface area contributed by atoms with Crippen molar-refractivity contribution in [1.82, 2.24) is 0 Å². The maximum atomic E-state index is 11.0. The van der Waals surface area contributed by atoms with Gasteiger partial charge in [-0.3, -0.25) is 4.72 Å². The monoisotopic (exact) mass is 230 g/mol. The number of rotatable bonds is 3. The first kappa shape index (κ1) is 10.9. The van der Waals surface area contributed by atoms with E-state index >= 15 is 0 Å². The second kappa shape index (κ2) is 3.93. The van der Waals surface area contributed by atoms with E-state index in [0.717, 1.165) is 6.26 Å². The van der Waals surface area contributed by atoms with Crippen LogP contribution in [0.3, 0.4) is 0 Å². The third kappa shape index (κ3) is 2.97. The SMILES string of the molecule is CS(=O)(=O)Nc1ccccc1C(N)=S. The fourth-order valence-corrected chi connectivity index (χ4v) is 1.74. The topological polar surface area (TPSA) is 72.2 Å². The Labute approximate surface area is 88.2 Å². The maximum absolute atomic E-state index is 11.0. The molecule has 0 aliphatic carbocycles. The number of sulfonamides is 1. The van der Waals surface area contributed by atoms with E-state index in [1.807, 2.05) is 0 Å². The summed E-state index contributed by atoms with van der Waals surface area (Å²) in [6.07, 6.45) is 1.07. The van der Waals surface area contributed by atoms with Gasteiger partial charge < -0.3 is 5.73 Å². The number of para-hydroxylation sites is 1. The first-order valence-electron chi connectivity index (χ1n) is 3.77. The molecule has 1 aromatic rings. The van der Waals surface area contributed by atoms with Gasteiger partial charge in [0.1, 0.15) is 4.99 Å². The number of thiocarbonyl (C=S) groups is 1. The van der Waals surface area contributed by atoms with Gasteiger partial charge in [0.15, 0.2) is 0 Å². The molecule has 3 N–H and O–H groups in total. The van der Waals surface area contributed by atoms with E-state index in [1.165, 1.54) is 0 Å². The highest BCUT2D eigenvalue weighted by atomic mass is 32.2. The molecule has 0 spiro atoms. The van der Waals surface area contributed by atoms with Gasteiger partial charge in [0.05, 0.1) is 11.9 Å². The molecular formula is C8H10N2O2S2. The predicted molar refractivity (Wildman–Crippen MR) is 60.8 cm³/mol. The summed E-state index contributed by atoms with van der Waals surface area (Å²) < 4.78 is 24.3. The molecule has 1 aromatic carbocycles. The quantitative estimate of drug-likeness (QED) is 0.749. The zero-order valence-corrected chi connectivity index (χ0v) is 9.15. The van der Waals surface area contributed by atoms with Gasteiger partial charge in [0.25, 0.3) is 0 Å². The zero-order valence-electron chi connectivity index (χ0n) is 7.52. The average molecular weight is 230 g/mol. The van der Waals surface area contributed by atoms with Gasteiger partial charge in [-0.15, -0.1) is 0 Å². The maximum Gasteiger partial charge on any atom is 0.229 e. The van der Waals surface area contributed by atoms with Gasteiger partial charge in [-0.1, -0.05) is 24.4 Å². The first-order chi connectivity index (χ1) is 6.40. The standard InChI is InChI=1S/C8H10N2O2S2/c1-14(11,12)10-7-5-3-2-4-6(7)8(9)13/h2-5,10H,1H3,(H2,9,13). The van der Waals surface area contributed by atoms with Crippen LogP contribution in [-0.4, -0.2) is 19.7 Å². The predicted octanol–water partition coefficient (Wildman–Crippen LogP) is 0.692. The molecule has 76 valence electrons. The van der Waals surface area contributed by atoms with Crippen LogP contribution in [0.1, 0.15) is 5.56 Å². The lowest BCUT2D eigenvalue weighted by atomic mass is 10.2. The highest BCUT2D eigenvalue weighted by Crippen LogP contribution is 2.15. The van der Waals surface area contributed by atoms with Crippen molar-refractivity contribution in [2.45, 2.75) is 0 Å². The second-order valence-electron chi connectivity index (χ2n) is 2.78. The molecule has 0 saturated heterocycles. The van der Waals surface area contributed by atoms with Crippen molar-refractivity contribution in [1.29, 1.82) is 0 Å². The lowest BCUT2D eigenvalue weighted by molar-refractivity contribution is 0.607. The van der Waals surface area contributed by atoms with E-state index in [1.54, 1.807) is 24.3 Å². The second-order valence-corrected chi connectivity index (χ2v) is 4.97. The molecule has 0 amide bonds. The molecule has 0 heterocycles. The summed E-state index contributed by atoms with van der Waals surface area (Å²) in [4.78, 5) is 0.164. The summed E-state index contributed by atoms with van der Waals surface area (Å²) in [6, 6.07) is 6.71. The van der Waals surface area contributed by atoms with Crippen LogP contribution >= 0.6 is 12.2 Å². The summed E-state index contributed by atoms with van der Waals surface area (Å²) >= 11 is 4.78. The van der Waals surface area contributed by atoms with Crippen LogP contribution in [0.25, 0.3) is 0 Å². The number of hydrogen-bond donors (Lipinski definition) is 2. The number of hydrogen-bond acceptors (Lipinski definition) is 3. The Morgan fingerprint density at radius 1 is 1.43 bits per heavy atom. The molecule has 4 nitrogen and oxygen atoms in total. The van der Waals surface area contributed by atoms with Crippen molar-refractivity contribution >= 4 is 32.9 Å². The Morgan fingerprint density at radius 2 is 2.00 bits per heavy atom. The van der Waals surface area contributed by atoms with Crippen LogP contribution < -0.4 is 10.5 Å². The van der Waals surface area contributed by atoms with Crippen LogP contribution in [-0.2, 0) is 10.0 Å². The highest BCUT2D eigenvalue weighted by molar-refractivity contribution is 7.92. The highest BCUT2D eigenvalue weighted by Gasteiger charge is 2.07. The number of benzene rings is 1. The van der Waals surface area contributed by atoms with E-state index in [4.69, 9.17) is 18.0 Å². The molecule has 1 rings (SSSR count). The van der Waals surface area contributed by atoms with E-state index in [2.05, 4.69) is 4.72 Å². The Kier molecular flexibility index (Phi) is 3.07. The van der Waals surface area contributed by atoms with Crippen LogP contribution in [0.15, 0.2) is 24.3 Å². The molecule has 0 fully saturated rings. The summed E-state index contributed by atoms with van der Waals surface area (Å²) in [5.74, 6) is 0. The zero-order chi connectivity index (χ0) is 10.8. The lowest BCUT2D eigenvalue weighted by Gasteiger charge is -2.08. The molecule has 0 aliphatic rings. The van der Waals surface area contributed by atoms with Crippen LogP contribution in [0.5, 0.6) is 0 Å². The van der Waals surface area contributed by atoms with Crippen LogP contribution in [0.4, 0.5) is 5.69 Å². The molecule has 0 radical (unpaired) electrons. The minimum atomic E-state index is -3.30. The Hall–Kier alpha value is -1.14. The Balaban J connectivity index is 3.15. The Morgan fingerprint density at radius 3 is 2.50 bits per heavy atom. The van der Waals surface area contributed by atoms with Gasteiger partial charge in [0, 0.05) is 5.56 Å².